The normalized spacial score (nSPS) is 19.0. The Kier molecular flexibility index (Phi) is 12.9. The first kappa shape index (κ1) is 41.8. The highest BCUT2D eigenvalue weighted by molar-refractivity contribution is 7.98. The molecule has 2 saturated heterocycles. The summed E-state index contributed by atoms with van der Waals surface area (Å²) < 4.78 is 20.8. The fourth-order valence-corrected chi connectivity index (χ4v) is 10.4. The number of aryl methyl sites for hydroxylation is 1. The van der Waals surface area contributed by atoms with Gasteiger partial charge in [0.05, 0.1) is 22.5 Å². The van der Waals surface area contributed by atoms with Crippen molar-refractivity contribution >= 4 is 56.8 Å². The van der Waals surface area contributed by atoms with Gasteiger partial charge in [-0.1, -0.05) is 45.3 Å². The zero-order valence-electron chi connectivity index (χ0n) is 34.8. The van der Waals surface area contributed by atoms with E-state index in [1.807, 2.05) is 54.8 Å². The Balaban J connectivity index is 1.42. The van der Waals surface area contributed by atoms with Crippen LogP contribution in [0.2, 0.25) is 51.4 Å². The molecule has 11 nitrogen and oxygen atoms in total. The molecule has 2 fully saturated rings. The van der Waals surface area contributed by atoms with Crippen molar-refractivity contribution in [1.82, 2.24) is 29.5 Å². The summed E-state index contributed by atoms with van der Waals surface area (Å²) in [6.07, 6.45) is 11.2. The molecule has 6 heterocycles. The van der Waals surface area contributed by atoms with E-state index in [4.69, 9.17) is 29.3 Å². The predicted molar refractivity (Wildman–Crippen MR) is 231 cm³/mol. The van der Waals surface area contributed by atoms with Crippen molar-refractivity contribution in [2.75, 3.05) is 37.8 Å². The van der Waals surface area contributed by atoms with Crippen LogP contribution in [-0.2, 0) is 14.2 Å². The molecule has 2 unspecified atom stereocenters. The van der Waals surface area contributed by atoms with Gasteiger partial charge in [0.15, 0.2) is 11.5 Å². The first-order chi connectivity index (χ1) is 25.9. The molecule has 2 aliphatic rings. The Labute approximate surface area is 338 Å². The average Bonchev–Trinajstić information content (AvgIpc) is 3.80. The number of piperidine rings is 1. The van der Waals surface area contributed by atoms with Crippen molar-refractivity contribution < 1.29 is 19.0 Å². The third-order valence-electron chi connectivity index (χ3n) is 10.2. The zero-order chi connectivity index (χ0) is 39.7. The summed E-state index contributed by atoms with van der Waals surface area (Å²) >= 11 is 3.34. The molecule has 1 amide bonds. The number of anilines is 1. The standard InChI is InChI=1S/C40H61N7O4S2Si2/c1-27-22-42-37(53-27)33-15-12-28(23-41-33)32-24-43-47-36(32)44-34(29-20-30-13-14-31(21-29)46(30)39(48)51-40(2,3)4)35(52-5)38(47)45(25-49-16-18-54(6,7)8)26-50-17-19-55(9,10)11/h12,15,22-24,29-31H,13-14,16-21,25-26H2,1-11H3. The molecule has 0 radical (unpaired) electrons. The molecule has 2 atom stereocenters. The number of hydrogen-bond donors (Lipinski definition) is 0. The second kappa shape index (κ2) is 17.0. The summed E-state index contributed by atoms with van der Waals surface area (Å²) in [5, 5.41) is 5.94. The van der Waals surface area contributed by atoms with Gasteiger partial charge in [-0.2, -0.15) is 9.61 Å². The van der Waals surface area contributed by atoms with Gasteiger partial charge < -0.3 is 24.0 Å². The van der Waals surface area contributed by atoms with Crippen molar-refractivity contribution in [3.05, 3.63) is 41.3 Å². The Morgan fingerprint density at radius 2 is 1.58 bits per heavy atom. The summed E-state index contributed by atoms with van der Waals surface area (Å²) in [6.45, 7) is 24.3. The number of carbonyl (C=O) groups is 1. The van der Waals surface area contributed by atoms with E-state index < -0.39 is 21.7 Å². The van der Waals surface area contributed by atoms with Crippen molar-refractivity contribution in [3.63, 3.8) is 0 Å². The van der Waals surface area contributed by atoms with E-state index in [9.17, 15) is 4.79 Å². The predicted octanol–water partition coefficient (Wildman–Crippen LogP) is 10.0. The third kappa shape index (κ3) is 10.4. The van der Waals surface area contributed by atoms with Crippen molar-refractivity contribution in [1.29, 1.82) is 0 Å². The van der Waals surface area contributed by atoms with Crippen molar-refractivity contribution in [2.24, 2.45) is 0 Å². The van der Waals surface area contributed by atoms with Crippen LogP contribution >= 0.6 is 23.1 Å². The molecule has 2 bridgehead atoms. The number of carbonyl (C=O) groups excluding carboxylic acids is 1. The van der Waals surface area contributed by atoms with Crippen LogP contribution in [0, 0.1) is 6.92 Å². The summed E-state index contributed by atoms with van der Waals surface area (Å²) in [6, 6.07) is 6.50. The summed E-state index contributed by atoms with van der Waals surface area (Å²) in [7, 11) is -2.59. The highest BCUT2D eigenvalue weighted by Gasteiger charge is 2.46. The Bertz CT molecular complexity index is 1900. The van der Waals surface area contributed by atoms with E-state index in [1.54, 1.807) is 23.1 Å². The topological polar surface area (TPSA) is 107 Å². The number of amides is 1. The molecule has 0 N–H and O–H groups in total. The minimum Gasteiger partial charge on any atom is -0.444 e. The van der Waals surface area contributed by atoms with Crippen LogP contribution < -0.4 is 4.90 Å². The number of thiazole rings is 1. The minimum atomic E-state index is -1.29. The highest BCUT2D eigenvalue weighted by atomic mass is 32.2. The van der Waals surface area contributed by atoms with Gasteiger partial charge in [-0.25, -0.2) is 14.8 Å². The molecule has 0 spiro atoms. The minimum absolute atomic E-state index is 0.108. The van der Waals surface area contributed by atoms with E-state index in [0.717, 1.165) is 86.5 Å². The van der Waals surface area contributed by atoms with Crippen LogP contribution in [0.25, 0.3) is 27.5 Å². The lowest BCUT2D eigenvalue weighted by Gasteiger charge is -2.40. The van der Waals surface area contributed by atoms with Gasteiger partial charge >= 0.3 is 6.09 Å². The zero-order valence-corrected chi connectivity index (χ0v) is 38.4. The molecule has 300 valence electrons. The Morgan fingerprint density at radius 3 is 2.09 bits per heavy atom. The largest absolute Gasteiger partial charge is 0.444 e. The van der Waals surface area contributed by atoms with Crippen LogP contribution in [0.15, 0.2) is 35.6 Å². The summed E-state index contributed by atoms with van der Waals surface area (Å²) in [5.74, 6) is 1.09. The molecule has 55 heavy (non-hydrogen) atoms. The lowest BCUT2D eigenvalue weighted by Crippen LogP contribution is -2.48. The molecule has 6 rings (SSSR count). The van der Waals surface area contributed by atoms with Gasteiger partial charge in [-0.3, -0.25) is 4.98 Å². The summed E-state index contributed by atoms with van der Waals surface area (Å²) in [4.78, 5) is 34.8. The lowest BCUT2D eigenvalue weighted by atomic mass is 9.88. The third-order valence-corrected chi connectivity index (χ3v) is 15.4. The van der Waals surface area contributed by atoms with Gasteiger partial charge in [0.2, 0.25) is 0 Å². The van der Waals surface area contributed by atoms with Crippen LogP contribution in [-0.4, -0.2) is 102 Å². The maximum atomic E-state index is 13.4. The average molecular weight is 824 g/mol. The fourth-order valence-electron chi connectivity index (χ4n) is 7.37. The number of nitrogens with zero attached hydrogens (tertiary/aromatic N) is 7. The number of pyridine rings is 1. The van der Waals surface area contributed by atoms with E-state index in [2.05, 4.69) is 68.4 Å². The number of hydrogen-bond acceptors (Lipinski definition) is 11. The van der Waals surface area contributed by atoms with Crippen molar-refractivity contribution in [2.45, 2.75) is 133 Å². The molecule has 0 saturated carbocycles. The van der Waals surface area contributed by atoms with Gasteiger partial charge in [-0.05, 0) is 77.8 Å². The van der Waals surface area contributed by atoms with Crippen LogP contribution in [0.4, 0.5) is 10.6 Å². The first-order valence-corrected chi connectivity index (χ1v) is 29.1. The van der Waals surface area contributed by atoms with Crippen molar-refractivity contribution in [3.8, 4) is 21.8 Å². The van der Waals surface area contributed by atoms with Crippen LogP contribution in [0.5, 0.6) is 0 Å². The number of thioether (sulfide) groups is 1. The second-order valence-electron chi connectivity index (χ2n) is 18.5. The molecule has 4 aromatic heterocycles. The molecule has 0 aromatic carbocycles. The van der Waals surface area contributed by atoms with E-state index >= 15 is 0 Å². The van der Waals surface area contributed by atoms with Gasteiger partial charge in [0, 0.05) is 75.8 Å². The summed E-state index contributed by atoms with van der Waals surface area (Å²) in [5.41, 5.74) is 3.99. The number of aromatic nitrogens is 5. The molecule has 0 aliphatic carbocycles. The number of ether oxygens (including phenoxy) is 3. The van der Waals surface area contributed by atoms with Gasteiger partial charge in [0.1, 0.15) is 24.1 Å². The number of fused-ring (bicyclic) bond motifs is 3. The quantitative estimate of drug-likeness (QED) is 0.0498. The fraction of sp³-hybridized carbons (Fsp3) is 0.625. The maximum absolute atomic E-state index is 13.4. The monoisotopic (exact) mass is 823 g/mol. The van der Waals surface area contributed by atoms with Gasteiger partial charge in [0.25, 0.3) is 0 Å². The SMILES string of the molecule is CSc1c(C2CC3CCC(C2)N3C(=O)OC(C)(C)C)nc2c(-c3ccc(-c4ncc(C)s4)nc3)cnn2c1N(COCC[Si](C)(C)C)COCC[Si](C)(C)C. The first-order valence-electron chi connectivity index (χ1n) is 19.7. The van der Waals surface area contributed by atoms with Crippen LogP contribution in [0.3, 0.4) is 0 Å². The molecule has 4 aromatic rings. The van der Waals surface area contributed by atoms with Gasteiger partial charge in [-0.15, -0.1) is 23.1 Å². The Hall–Kier alpha value is -2.83. The van der Waals surface area contributed by atoms with E-state index in [1.165, 1.54) is 0 Å². The molecular weight excluding hydrogens is 763 g/mol. The highest BCUT2D eigenvalue weighted by Crippen LogP contribution is 2.47. The molecule has 2 aliphatic heterocycles. The smallest absolute Gasteiger partial charge is 0.410 e. The van der Waals surface area contributed by atoms with E-state index in [-0.39, 0.29) is 24.1 Å². The van der Waals surface area contributed by atoms with E-state index in [0.29, 0.717) is 26.7 Å². The Morgan fingerprint density at radius 1 is 0.945 bits per heavy atom. The lowest BCUT2D eigenvalue weighted by molar-refractivity contribution is 0.00559. The molecular formula is C40H61N7O4S2Si2. The molecule has 15 heteroatoms. The van der Waals surface area contributed by atoms with Crippen LogP contribution in [0.1, 0.15) is 62.9 Å². The maximum Gasteiger partial charge on any atom is 0.410 e. The number of rotatable bonds is 15. The second-order valence-corrected chi connectivity index (χ2v) is 31.8.